The second-order valence-corrected chi connectivity index (χ2v) is 7.99. The first-order valence-electron chi connectivity index (χ1n) is 8.24. The maximum Gasteiger partial charge on any atom is 0.0847 e. The Labute approximate surface area is 144 Å². The predicted octanol–water partition coefficient (Wildman–Crippen LogP) is 4.04. The first-order chi connectivity index (χ1) is 10.8. The Morgan fingerprint density at radius 3 is 1.33 bits per heavy atom. The molecule has 2 rings (SSSR count). The van der Waals surface area contributed by atoms with Gasteiger partial charge in [0, 0.05) is 0 Å². The summed E-state index contributed by atoms with van der Waals surface area (Å²) in [6, 6.07) is 13.6. The molecule has 0 unspecified atom stereocenters. The topological polar surface area (TPSA) is 60.7 Å². The van der Waals surface area contributed by atoms with Gasteiger partial charge in [-0.2, -0.15) is 0 Å². The summed E-state index contributed by atoms with van der Waals surface area (Å²) in [7, 11) is 0. The van der Waals surface area contributed by atoms with Crippen molar-refractivity contribution < 1.29 is 15.3 Å². The summed E-state index contributed by atoms with van der Waals surface area (Å²) in [4.78, 5) is 0. The monoisotopic (exact) mass is 328 g/mol. The summed E-state index contributed by atoms with van der Waals surface area (Å²) in [5.41, 5.74) is 0.206. The fourth-order valence-electron chi connectivity index (χ4n) is 3.06. The third-order valence-electron chi connectivity index (χ3n) is 4.18. The van der Waals surface area contributed by atoms with Gasteiger partial charge in [-0.05, 0) is 81.5 Å². The van der Waals surface area contributed by atoms with Crippen LogP contribution in [0.2, 0.25) is 0 Å². The molecule has 3 N–H and O–H groups in total. The zero-order valence-corrected chi connectivity index (χ0v) is 15.4. The summed E-state index contributed by atoms with van der Waals surface area (Å²) in [6.07, 6.45) is 0. The Morgan fingerprint density at radius 1 is 0.583 bits per heavy atom. The van der Waals surface area contributed by atoms with E-state index in [-0.39, 0.29) is 0 Å². The van der Waals surface area contributed by atoms with Gasteiger partial charge < -0.3 is 15.3 Å². The van der Waals surface area contributed by atoms with Gasteiger partial charge in [0.15, 0.2) is 0 Å². The smallest absolute Gasteiger partial charge is 0.0847 e. The molecule has 24 heavy (non-hydrogen) atoms. The molecule has 2 aromatic rings. The molecule has 0 aliphatic carbocycles. The predicted molar refractivity (Wildman–Crippen MR) is 97.6 cm³/mol. The molecule has 2 aromatic carbocycles. The average molecular weight is 328 g/mol. The summed E-state index contributed by atoms with van der Waals surface area (Å²) in [5.74, 6) is 0. The molecular formula is C21H28O3. The molecule has 130 valence electrons. The van der Waals surface area contributed by atoms with Crippen LogP contribution in [0.5, 0.6) is 0 Å². The van der Waals surface area contributed by atoms with Crippen molar-refractivity contribution in [2.75, 3.05) is 0 Å². The minimum absolute atomic E-state index is 0.571. The molecule has 0 amide bonds. The Morgan fingerprint density at radius 2 is 1.00 bits per heavy atom. The maximum atomic E-state index is 10.7. The molecule has 0 fully saturated rings. The second-order valence-electron chi connectivity index (χ2n) is 7.99. The minimum atomic E-state index is -1.19. The van der Waals surface area contributed by atoms with Gasteiger partial charge >= 0.3 is 0 Å². The zero-order valence-electron chi connectivity index (χ0n) is 15.4. The highest BCUT2D eigenvalue weighted by molar-refractivity contribution is 5.68. The van der Waals surface area contributed by atoms with E-state index >= 15 is 0 Å². The van der Waals surface area contributed by atoms with Gasteiger partial charge in [0.2, 0.25) is 0 Å². The van der Waals surface area contributed by atoms with Crippen molar-refractivity contribution in [3.05, 3.63) is 59.2 Å². The highest BCUT2D eigenvalue weighted by Crippen LogP contribution is 2.41. The number of hydrogen-bond acceptors (Lipinski definition) is 3. The first kappa shape index (κ1) is 18.7. The van der Waals surface area contributed by atoms with E-state index in [4.69, 9.17) is 0 Å². The SMILES string of the molecule is CC(C)(O)c1cc(-c2ccccc2)cc(C(C)(C)O)c1C(C)(C)O. The summed E-state index contributed by atoms with van der Waals surface area (Å²) in [5, 5.41) is 32.1. The lowest BCUT2D eigenvalue weighted by Crippen LogP contribution is -2.31. The molecule has 0 heterocycles. The van der Waals surface area contributed by atoms with Gasteiger partial charge in [0.05, 0.1) is 16.8 Å². The molecule has 3 heteroatoms. The van der Waals surface area contributed by atoms with Gasteiger partial charge in [-0.1, -0.05) is 30.3 Å². The molecule has 0 saturated heterocycles. The standard InChI is InChI=1S/C21H28O3/c1-19(2,22)16-12-15(14-10-8-7-9-11-14)13-17(20(3,4)23)18(16)21(5,6)24/h7-13,22-24H,1-6H3. The molecule has 0 aliphatic heterocycles. The summed E-state index contributed by atoms with van der Waals surface area (Å²) >= 11 is 0. The Balaban J connectivity index is 2.90. The number of aliphatic hydroxyl groups is 3. The second kappa shape index (κ2) is 5.99. The van der Waals surface area contributed by atoms with E-state index in [1.807, 2.05) is 42.5 Å². The van der Waals surface area contributed by atoms with Crippen LogP contribution in [0, 0.1) is 0 Å². The van der Waals surface area contributed by atoms with Crippen LogP contribution in [-0.4, -0.2) is 15.3 Å². The van der Waals surface area contributed by atoms with Crippen molar-refractivity contribution in [1.82, 2.24) is 0 Å². The molecule has 0 saturated carbocycles. The van der Waals surface area contributed by atoms with Crippen molar-refractivity contribution in [1.29, 1.82) is 0 Å². The van der Waals surface area contributed by atoms with Crippen molar-refractivity contribution >= 4 is 0 Å². The van der Waals surface area contributed by atoms with Crippen LogP contribution in [0.25, 0.3) is 11.1 Å². The molecule has 0 spiro atoms. The Bertz CT molecular complexity index is 676. The highest BCUT2D eigenvalue weighted by Gasteiger charge is 2.35. The Hall–Kier alpha value is -1.68. The van der Waals surface area contributed by atoms with Gasteiger partial charge in [0.1, 0.15) is 0 Å². The molecular weight excluding hydrogens is 300 g/mol. The van der Waals surface area contributed by atoms with E-state index in [9.17, 15) is 15.3 Å². The third kappa shape index (κ3) is 3.86. The van der Waals surface area contributed by atoms with Crippen LogP contribution in [0.1, 0.15) is 58.2 Å². The maximum absolute atomic E-state index is 10.7. The fourth-order valence-corrected chi connectivity index (χ4v) is 3.06. The highest BCUT2D eigenvalue weighted by atomic mass is 16.3. The number of rotatable bonds is 4. The largest absolute Gasteiger partial charge is 0.386 e. The summed E-state index contributed by atoms with van der Waals surface area (Å²) < 4.78 is 0. The molecule has 0 atom stereocenters. The number of benzene rings is 2. The van der Waals surface area contributed by atoms with Crippen LogP contribution in [-0.2, 0) is 16.8 Å². The van der Waals surface area contributed by atoms with Gasteiger partial charge in [-0.3, -0.25) is 0 Å². The van der Waals surface area contributed by atoms with Gasteiger partial charge in [-0.15, -0.1) is 0 Å². The molecule has 0 bridgehead atoms. The zero-order chi connectivity index (χ0) is 18.3. The minimum Gasteiger partial charge on any atom is -0.386 e. The van der Waals surface area contributed by atoms with E-state index in [2.05, 4.69) is 0 Å². The van der Waals surface area contributed by atoms with E-state index in [0.29, 0.717) is 16.7 Å². The molecule has 0 radical (unpaired) electrons. The van der Waals surface area contributed by atoms with Gasteiger partial charge in [-0.25, -0.2) is 0 Å². The van der Waals surface area contributed by atoms with Crippen molar-refractivity contribution in [2.45, 2.75) is 58.3 Å². The van der Waals surface area contributed by atoms with Crippen molar-refractivity contribution in [3.8, 4) is 11.1 Å². The third-order valence-corrected chi connectivity index (χ3v) is 4.18. The van der Waals surface area contributed by atoms with Crippen molar-refractivity contribution in [3.63, 3.8) is 0 Å². The van der Waals surface area contributed by atoms with E-state index in [1.165, 1.54) is 0 Å². The van der Waals surface area contributed by atoms with Crippen LogP contribution in [0.3, 0.4) is 0 Å². The first-order valence-corrected chi connectivity index (χ1v) is 8.24. The van der Waals surface area contributed by atoms with Crippen molar-refractivity contribution in [2.24, 2.45) is 0 Å². The normalized spacial score (nSPS) is 13.2. The molecule has 3 nitrogen and oxygen atoms in total. The van der Waals surface area contributed by atoms with Gasteiger partial charge in [0.25, 0.3) is 0 Å². The molecule has 0 aliphatic rings. The lowest BCUT2D eigenvalue weighted by Gasteiger charge is -2.35. The van der Waals surface area contributed by atoms with E-state index in [1.54, 1.807) is 41.5 Å². The quantitative estimate of drug-likeness (QED) is 0.794. The molecule has 0 aromatic heterocycles. The lowest BCUT2D eigenvalue weighted by atomic mass is 9.76. The van der Waals surface area contributed by atoms with Crippen LogP contribution < -0.4 is 0 Å². The van der Waals surface area contributed by atoms with Crippen LogP contribution >= 0.6 is 0 Å². The Kier molecular flexibility index (Phi) is 4.66. The van der Waals surface area contributed by atoms with E-state index < -0.39 is 16.8 Å². The van der Waals surface area contributed by atoms with Crippen LogP contribution in [0.15, 0.2) is 42.5 Å². The lowest BCUT2D eigenvalue weighted by molar-refractivity contribution is 0.0385. The van der Waals surface area contributed by atoms with Crippen LogP contribution in [0.4, 0.5) is 0 Å². The van der Waals surface area contributed by atoms with E-state index in [0.717, 1.165) is 11.1 Å². The summed E-state index contributed by atoms with van der Waals surface area (Å²) in [6.45, 7) is 10.1. The fraction of sp³-hybridized carbons (Fsp3) is 0.429. The average Bonchev–Trinajstić information content (AvgIpc) is 2.44. The number of hydrogen-bond donors (Lipinski definition) is 3.